The maximum absolute atomic E-state index is 10.9. The molecule has 0 aromatic carbocycles. The Morgan fingerprint density at radius 1 is 1.44 bits per heavy atom. The van der Waals surface area contributed by atoms with Gasteiger partial charge in [0.2, 0.25) is 0 Å². The predicted octanol–water partition coefficient (Wildman–Crippen LogP) is 0.830. The molecule has 0 saturated carbocycles. The van der Waals surface area contributed by atoms with E-state index >= 15 is 0 Å². The van der Waals surface area contributed by atoms with Crippen LogP contribution in [0.5, 0.6) is 0 Å². The standard InChI is InChI=1S/C4H7FO4S.C3H6O3/c1-4(2,3(6)7)10-9-8-5;1-3(5)6-2-4/h1-2H3,(H,6,7);4H,2H2,1H3. The Balaban J connectivity index is 0. The lowest BCUT2D eigenvalue weighted by molar-refractivity contribution is -0.359. The molecule has 7 nitrogen and oxygen atoms in total. The van der Waals surface area contributed by atoms with Crippen LogP contribution in [-0.4, -0.2) is 33.7 Å². The van der Waals surface area contributed by atoms with E-state index in [1.807, 2.05) is 0 Å². The van der Waals surface area contributed by atoms with Crippen LogP contribution in [0.15, 0.2) is 0 Å². The molecule has 0 atom stereocenters. The SMILES string of the molecule is CC(=O)OCO.CC(C)(SOOF)C(=O)O. The molecule has 9 heteroatoms. The summed E-state index contributed by atoms with van der Waals surface area (Å²) in [6.45, 7) is 3.43. The molecule has 0 heterocycles. The van der Waals surface area contributed by atoms with Gasteiger partial charge in [0, 0.05) is 6.92 Å². The fraction of sp³-hybridized carbons (Fsp3) is 0.714. The minimum Gasteiger partial charge on any atom is -0.480 e. The lowest BCUT2D eigenvalue weighted by Gasteiger charge is -2.13. The largest absolute Gasteiger partial charge is 0.480 e. The monoisotopic (exact) mass is 260 g/mol. The second-order valence-corrected chi connectivity index (χ2v) is 4.12. The average Bonchev–Trinajstić information content (AvgIpc) is 2.15. The molecule has 0 unspecified atom stereocenters. The Kier molecular flexibility index (Phi) is 10.2. The number of carboxylic acid groups (broad SMARTS) is 1. The van der Waals surface area contributed by atoms with Crippen molar-refractivity contribution in [2.45, 2.75) is 25.5 Å². The minimum atomic E-state index is -1.20. The lowest BCUT2D eigenvalue weighted by atomic mass is 10.2. The van der Waals surface area contributed by atoms with Crippen LogP contribution in [-0.2, 0) is 23.8 Å². The summed E-state index contributed by atoms with van der Waals surface area (Å²) >= 11 is 0.390. The van der Waals surface area contributed by atoms with E-state index in [1.54, 1.807) is 0 Å². The molecule has 96 valence electrons. The molecule has 0 spiro atoms. The van der Waals surface area contributed by atoms with Crippen LogP contribution in [0.25, 0.3) is 0 Å². The van der Waals surface area contributed by atoms with Crippen molar-refractivity contribution in [3.63, 3.8) is 0 Å². The van der Waals surface area contributed by atoms with Gasteiger partial charge in [0.25, 0.3) is 0 Å². The first-order chi connectivity index (χ1) is 7.27. The van der Waals surface area contributed by atoms with Gasteiger partial charge in [-0.15, -0.1) is 4.33 Å². The van der Waals surface area contributed by atoms with Gasteiger partial charge in [-0.2, -0.15) is 0 Å². The third kappa shape index (κ3) is 11.2. The number of aliphatic hydroxyl groups is 1. The van der Waals surface area contributed by atoms with Crippen LogP contribution in [0.4, 0.5) is 4.53 Å². The van der Waals surface area contributed by atoms with Gasteiger partial charge >= 0.3 is 11.9 Å². The first-order valence-electron chi connectivity index (χ1n) is 3.88. The fourth-order valence-electron chi connectivity index (χ4n) is 0.224. The highest BCUT2D eigenvalue weighted by Crippen LogP contribution is 2.25. The molecule has 0 bridgehead atoms. The van der Waals surface area contributed by atoms with Crippen molar-refractivity contribution in [3.05, 3.63) is 0 Å². The molecular formula is C7H13FO7S. The molecule has 0 rings (SSSR count). The van der Waals surface area contributed by atoms with Crippen LogP contribution >= 0.6 is 12.0 Å². The highest BCUT2D eigenvalue weighted by atomic mass is 32.2. The first kappa shape index (κ1) is 17.5. The Hall–Kier alpha value is -0.900. The number of carboxylic acids is 1. The summed E-state index contributed by atoms with van der Waals surface area (Å²) in [5.74, 6) is -1.56. The smallest absolute Gasteiger partial charge is 0.321 e. The Bertz CT molecular complexity index is 221. The zero-order valence-electron chi connectivity index (χ0n) is 8.93. The number of aliphatic hydroxyl groups excluding tert-OH is 1. The Labute approximate surface area is 95.5 Å². The molecule has 0 saturated heterocycles. The highest BCUT2D eigenvalue weighted by molar-refractivity contribution is 7.96. The van der Waals surface area contributed by atoms with Crippen LogP contribution in [0.3, 0.4) is 0 Å². The second-order valence-electron chi connectivity index (χ2n) is 2.79. The van der Waals surface area contributed by atoms with Crippen molar-refractivity contribution < 1.29 is 38.5 Å². The number of rotatable bonds is 5. The van der Waals surface area contributed by atoms with E-state index < -0.39 is 23.5 Å². The first-order valence-corrected chi connectivity index (χ1v) is 4.62. The van der Waals surface area contributed by atoms with Crippen LogP contribution in [0.1, 0.15) is 20.8 Å². The number of hydrogen-bond donors (Lipinski definition) is 2. The maximum Gasteiger partial charge on any atom is 0.321 e. The summed E-state index contributed by atoms with van der Waals surface area (Å²) in [6, 6.07) is 0. The van der Waals surface area contributed by atoms with Gasteiger partial charge in [0.05, 0.1) is 12.0 Å². The van der Waals surface area contributed by atoms with Gasteiger partial charge in [-0.05, 0) is 23.5 Å². The number of carbonyl (C=O) groups is 2. The predicted molar refractivity (Wildman–Crippen MR) is 51.4 cm³/mol. The van der Waals surface area contributed by atoms with Gasteiger partial charge in [-0.3, -0.25) is 9.59 Å². The van der Waals surface area contributed by atoms with Crippen molar-refractivity contribution in [1.29, 1.82) is 0 Å². The molecule has 0 aliphatic heterocycles. The van der Waals surface area contributed by atoms with E-state index in [9.17, 15) is 14.1 Å². The highest BCUT2D eigenvalue weighted by Gasteiger charge is 2.29. The molecule has 0 aliphatic rings. The van der Waals surface area contributed by atoms with Crippen molar-refractivity contribution >= 4 is 24.0 Å². The quantitative estimate of drug-likeness (QED) is 0.246. The number of halogens is 1. The van der Waals surface area contributed by atoms with Gasteiger partial charge in [0.15, 0.2) is 6.79 Å². The summed E-state index contributed by atoms with van der Waals surface area (Å²) in [5.41, 5.74) is 0. The molecule has 0 radical (unpaired) electrons. The number of esters is 1. The number of aliphatic carboxylic acids is 1. The molecule has 0 aromatic rings. The van der Waals surface area contributed by atoms with Crippen molar-refractivity contribution in [1.82, 2.24) is 0 Å². The Morgan fingerprint density at radius 3 is 2.12 bits per heavy atom. The van der Waals surface area contributed by atoms with E-state index in [0.29, 0.717) is 12.0 Å². The van der Waals surface area contributed by atoms with E-state index in [2.05, 4.69) is 14.2 Å². The number of ether oxygens (including phenoxy) is 1. The van der Waals surface area contributed by atoms with Gasteiger partial charge in [0.1, 0.15) is 4.75 Å². The molecule has 0 amide bonds. The number of carbonyl (C=O) groups excluding carboxylic acids is 1. The van der Waals surface area contributed by atoms with Crippen molar-refractivity contribution in [2.24, 2.45) is 0 Å². The summed E-state index contributed by atoms with van der Waals surface area (Å²) < 4.78 is 17.3. The zero-order valence-corrected chi connectivity index (χ0v) is 9.75. The molecule has 16 heavy (non-hydrogen) atoms. The second kappa shape index (κ2) is 9.33. The van der Waals surface area contributed by atoms with Crippen molar-refractivity contribution in [3.8, 4) is 0 Å². The zero-order chi connectivity index (χ0) is 13.2. The van der Waals surface area contributed by atoms with E-state index in [1.165, 1.54) is 20.8 Å². The van der Waals surface area contributed by atoms with Crippen LogP contribution in [0.2, 0.25) is 0 Å². The molecular weight excluding hydrogens is 247 g/mol. The van der Waals surface area contributed by atoms with Gasteiger partial charge in [-0.25, -0.2) is 0 Å². The normalized spacial score (nSPS) is 10.1. The summed E-state index contributed by atoms with van der Waals surface area (Å²) in [4.78, 5) is 19.9. The molecule has 0 fully saturated rings. The number of hydrogen-bond acceptors (Lipinski definition) is 7. The maximum atomic E-state index is 10.9. The van der Waals surface area contributed by atoms with E-state index in [4.69, 9.17) is 10.2 Å². The van der Waals surface area contributed by atoms with E-state index in [0.717, 1.165) is 0 Å². The van der Waals surface area contributed by atoms with Crippen molar-refractivity contribution in [2.75, 3.05) is 6.79 Å². The third-order valence-corrected chi connectivity index (χ3v) is 1.76. The summed E-state index contributed by atoms with van der Waals surface area (Å²) in [6.07, 6.45) is 0. The minimum absolute atomic E-state index is 0.390. The van der Waals surface area contributed by atoms with E-state index in [-0.39, 0.29) is 0 Å². The van der Waals surface area contributed by atoms with Gasteiger partial charge in [-0.1, -0.05) is 0 Å². The summed E-state index contributed by atoms with van der Waals surface area (Å²) in [7, 11) is 0. The van der Waals surface area contributed by atoms with Crippen LogP contribution < -0.4 is 0 Å². The average molecular weight is 260 g/mol. The molecule has 2 N–H and O–H groups in total. The lowest BCUT2D eigenvalue weighted by Crippen LogP contribution is -2.27. The van der Waals surface area contributed by atoms with Crippen LogP contribution in [0, 0.1) is 0 Å². The van der Waals surface area contributed by atoms with Gasteiger partial charge < -0.3 is 14.9 Å². The molecule has 0 aliphatic carbocycles. The summed E-state index contributed by atoms with van der Waals surface area (Å²) in [5, 5.41) is 18.9. The Morgan fingerprint density at radius 2 is 1.94 bits per heavy atom. The topological polar surface area (TPSA) is 102 Å². The third-order valence-electron chi connectivity index (χ3n) is 1.05. The fourth-order valence-corrected chi connectivity index (χ4v) is 0.492. The molecule has 0 aromatic heterocycles.